The van der Waals surface area contributed by atoms with Gasteiger partial charge in [-0.05, 0) is 50.1 Å². The van der Waals surface area contributed by atoms with Crippen molar-refractivity contribution in [2.24, 2.45) is 5.73 Å². The van der Waals surface area contributed by atoms with Crippen LogP contribution in [0.25, 0.3) is 0 Å². The lowest BCUT2D eigenvalue weighted by atomic mass is 10.1. The van der Waals surface area contributed by atoms with Crippen molar-refractivity contribution in [1.82, 2.24) is 5.32 Å². The van der Waals surface area contributed by atoms with Crippen LogP contribution in [-0.4, -0.2) is 25.6 Å². The number of rotatable bonds is 6. The van der Waals surface area contributed by atoms with Crippen LogP contribution in [0.5, 0.6) is 5.75 Å². The standard InChI is InChI=1S/C13H18F2N2O2.ClH/c1-8-6-10(12(18)17-5-3-4-16)7-9(2)11(8)19-13(14)15;/h6-7,13H,3-5,16H2,1-2H3,(H,17,18);1H. The van der Waals surface area contributed by atoms with E-state index < -0.39 is 6.61 Å². The molecule has 0 spiro atoms. The first-order chi connectivity index (χ1) is 8.95. The van der Waals surface area contributed by atoms with E-state index in [1.54, 1.807) is 13.8 Å². The second-order valence-corrected chi connectivity index (χ2v) is 4.22. The van der Waals surface area contributed by atoms with Crippen LogP contribution in [0.15, 0.2) is 12.1 Å². The molecule has 1 amide bonds. The van der Waals surface area contributed by atoms with Crippen molar-refractivity contribution in [3.8, 4) is 5.75 Å². The van der Waals surface area contributed by atoms with Gasteiger partial charge in [-0.2, -0.15) is 8.78 Å². The molecule has 0 aliphatic rings. The van der Waals surface area contributed by atoms with E-state index in [1.165, 1.54) is 12.1 Å². The Morgan fingerprint density at radius 1 is 1.35 bits per heavy atom. The summed E-state index contributed by atoms with van der Waals surface area (Å²) in [6, 6.07) is 3.06. The number of nitrogens with one attached hydrogen (secondary N) is 1. The van der Waals surface area contributed by atoms with E-state index in [9.17, 15) is 13.6 Å². The molecule has 0 saturated carbocycles. The molecule has 4 nitrogen and oxygen atoms in total. The Balaban J connectivity index is 0.00000361. The summed E-state index contributed by atoms with van der Waals surface area (Å²) in [5, 5.41) is 2.71. The molecule has 3 N–H and O–H groups in total. The maximum Gasteiger partial charge on any atom is 0.387 e. The summed E-state index contributed by atoms with van der Waals surface area (Å²) in [5.74, 6) is -0.128. The van der Waals surface area contributed by atoms with Crippen LogP contribution in [-0.2, 0) is 0 Å². The van der Waals surface area contributed by atoms with Gasteiger partial charge in [0.15, 0.2) is 0 Å². The van der Waals surface area contributed by atoms with Gasteiger partial charge in [0, 0.05) is 12.1 Å². The Kier molecular flexibility index (Phi) is 8.10. The Bertz CT molecular complexity index is 433. The first kappa shape index (κ1) is 18.6. The van der Waals surface area contributed by atoms with Gasteiger partial charge in [-0.15, -0.1) is 12.4 Å². The zero-order valence-corrected chi connectivity index (χ0v) is 12.2. The second-order valence-electron chi connectivity index (χ2n) is 4.22. The van der Waals surface area contributed by atoms with Crippen LogP contribution < -0.4 is 15.8 Å². The highest BCUT2D eigenvalue weighted by molar-refractivity contribution is 5.94. The minimum absolute atomic E-state index is 0. The minimum Gasteiger partial charge on any atom is -0.434 e. The third-order valence-electron chi connectivity index (χ3n) is 2.60. The van der Waals surface area contributed by atoms with Crippen LogP contribution in [0.4, 0.5) is 8.78 Å². The van der Waals surface area contributed by atoms with Crippen molar-refractivity contribution < 1.29 is 18.3 Å². The Hall–Kier alpha value is -1.40. The molecule has 0 bridgehead atoms. The van der Waals surface area contributed by atoms with Crippen LogP contribution in [0.1, 0.15) is 27.9 Å². The number of aryl methyl sites for hydroxylation is 2. The fourth-order valence-electron chi connectivity index (χ4n) is 1.76. The number of hydrogen-bond donors (Lipinski definition) is 2. The molecule has 1 aromatic carbocycles. The molecule has 0 aliphatic carbocycles. The highest BCUT2D eigenvalue weighted by Gasteiger charge is 2.14. The topological polar surface area (TPSA) is 64.4 Å². The summed E-state index contributed by atoms with van der Waals surface area (Å²) in [4.78, 5) is 11.8. The van der Waals surface area contributed by atoms with Gasteiger partial charge in [-0.25, -0.2) is 0 Å². The summed E-state index contributed by atoms with van der Waals surface area (Å²) >= 11 is 0. The quantitative estimate of drug-likeness (QED) is 0.793. The smallest absolute Gasteiger partial charge is 0.387 e. The second kappa shape index (κ2) is 8.71. The summed E-state index contributed by atoms with van der Waals surface area (Å²) < 4.78 is 28.9. The zero-order valence-electron chi connectivity index (χ0n) is 11.4. The minimum atomic E-state index is -2.87. The maximum absolute atomic E-state index is 12.2. The SMILES string of the molecule is Cc1cc(C(=O)NCCCN)cc(C)c1OC(F)F.Cl. The van der Waals surface area contributed by atoms with Gasteiger partial charge in [-0.3, -0.25) is 4.79 Å². The number of ether oxygens (including phenoxy) is 1. The fourth-order valence-corrected chi connectivity index (χ4v) is 1.76. The molecule has 0 fully saturated rings. The van der Waals surface area contributed by atoms with Gasteiger partial charge in [0.1, 0.15) is 5.75 Å². The number of hydrogen-bond acceptors (Lipinski definition) is 3. The largest absolute Gasteiger partial charge is 0.434 e. The monoisotopic (exact) mass is 308 g/mol. The van der Waals surface area contributed by atoms with E-state index in [0.717, 1.165) is 0 Å². The van der Waals surface area contributed by atoms with Gasteiger partial charge < -0.3 is 15.8 Å². The van der Waals surface area contributed by atoms with Crippen LogP contribution in [0, 0.1) is 13.8 Å². The van der Waals surface area contributed by atoms with Crippen molar-refractivity contribution in [3.63, 3.8) is 0 Å². The highest BCUT2D eigenvalue weighted by Crippen LogP contribution is 2.26. The van der Waals surface area contributed by atoms with Crippen LogP contribution >= 0.6 is 12.4 Å². The molecule has 114 valence electrons. The third-order valence-corrected chi connectivity index (χ3v) is 2.60. The number of alkyl halides is 2. The third kappa shape index (κ3) is 5.30. The van der Waals surface area contributed by atoms with Gasteiger partial charge >= 0.3 is 6.61 Å². The fraction of sp³-hybridized carbons (Fsp3) is 0.462. The molecule has 0 saturated heterocycles. The predicted octanol–water partition coefficient (Wildman–Crippen LogP) is 2.41. The number of carbonyl (C=O) groups is 1. The lowest BCUT2D eigenvalue weighted by Gasteiger charge is -2.13. The number of benzene rings is 1. The summed E-state index contributed by atoms with van der Waals surface area (Å²) in [6.45, 7) is 1.37. The van der Waals surface area contributed by atoms with Crippen molar-refractivity contribution in [2.75, 3.05) is 13.1 Å². The van der Waals surface area contributed by atoms with Crippen LogP contribution in [0.2, 0.25) is 0 Å². The summed E-state index contributed by atoms with van der Waals surface area (Å²) in [5.41, 5.74) is 6.76. The Morgan fingerprint density at radius 3 is 2.35 bits per heavy atom. The van der Waals surface area contributed by atoms with Crippen molar-refractivity contribution in [2.45, 2.75) is 26.9 Å². The van der Waals surface area contributed by atoms with E-state index in [2.05, 4.69) is 10.1 Å². The molecular formula is C13H19ClF2N2O2. The average Bonchev–Trinajstić information content (AvgIpc) is 2.33. The molecule has 20 heavy (non-hydrogen) atoms. The van der Waals surface area contributed by atoms with Gasteiger partial charge in [0.05, 0.1) is 0 Å². The Labute approximate surface area is 123 Å². The molecule has 0 heterocycles. The normalized spacial score (nSPS) is 10.1. The van der Waals surface area contributed by atoms with E-state index in [4.69, 9.17) is 5.73 Å². The van der Waals surface area contributed by atoms with E-state index in [0.29, 0.717) is 36.2 Å². The van der Waals surface area contributed by atoms with Gasteiger partial charge in [0.2, 0.25) is 0 Å². The first-order valence-corrected chi connectivity index (χ1v) is 6.00. The van der Waals surface area contributed by atoms with Gasteiger partial charge in [-0.1, -0.05) is 0 Å². The van der Waals surface area contributed by atoms with E-state index in [1.807, 2.05) is 0 Å². The molecular weight excluding hydrogens is 290 g/mol. The number of carbonyl (C=O) groups excluding carboxylic acids is 1. The average molecular weight is 309 g/mol. The summed E-state index contributed by atoms with van der Waals surface area (Å²) in [7, 11) is 0. The molecule has 0 atom stereocenters. The Morgan fingerprint density at radius 2 is 1.90 bits per heavy atom. The lowest BCUT2D eigenvalue weighted by Crippen LogP contribution is -2.26. The highest BCUT2D eigenvalue weighted by atomic mass is 35.5. The molecule has 0 aromatic heterocycles. The maximum atomic E-state index is 12.2. The van der Waals surface area contributed by atoms with E-state index in [-0.39, 0.29) is 24.1 Å². The predicted molar refractivity (Wildman–Crippen MR) is 75.8 cm³/mol. The van der Waals surface area contributed by atoms with Crippen molar-refractivity contribution in [3.05, 3.63) is 28.8 Å². The van der Waals surface area contributed by atoms with Crippen molar-refractivity contribution in [1.29, 1.82) is 0 Å². The lowest BCUT2D eigenvalue weighted by molar-refractivity contribution is -0.0507. The number of halogens is 3. The molecule has 1 aromatic rings. The molecule has 0 unspecified atom stereocenters. The molecule has 0 aliphatic heterocycles. The van der Waals surface area contributed by atoms with E-state index >= 15 is 0 Å². The first-order valence-electron chi connectivity index (χ1n) is 6.00. The molecule has 1 rings (SSSR count). The van der Waals surface area contributed by atoms with Gasteiger partial charge in [0.25, 0.3) is 5.91 Å². The van der Waals surface area contributed by atoms with Crippen molar-refractivity contribution >= 4 is 18.3 Å². The molecule has 0 radical (unpaired) electrons. The number of amides is 1. The summed E-state index contributed by atoms with van der Waals surface area (Å²) in [6.07, 6.45) is 0.691. The number of nitrogens with two attached hydrogens (primary N) is 1. The zero-order chi connectivity index (χ0) is 14.4. The molecule has 7 heteroatoms. The van der Waals surface area contributed by atoms with Crippen LogP contribution in [0.3, 0.4) is 0 Å².